The predicted octanol–water partition coefficient (Wildman–Crippen LogP) is -1.69. The molecule has 0 aromatic heterocycles. The number of nitrogens with zero attached hydrogens (tertiary/aromatic N) is 1. The lowest BCUT2D eigenvalue weighted by Crippen LogP contribution is -2.58. The summed E-state index contributed by atoms with van der Waals surface area (Å²) in [4.78, 5) is 53.6. The molecular formula is C20H37N7O5S. The molecule has 3 amide bonds. The molecule has 5 unspecified atom stereocenters. The number of carbonyl (C=O) groups is 4. The molecule has 1 rings (SSSR count). The standard InChI is InChI=1S/C20H37N7O5S/c1-3-11(2)15(18(30)26-14(10-33)19(31)32)27-17(29)13(7-5-9-24-20(21)22)25-16(28)12-6-4-8-23-12/h11-15,23,33H,3-10H2,1-2H3,(H,25,28)(H,26,30)(H,27,29)(H,31,32)(H4,21,22,24). The Kier molecular flexibility index (Phi) is 12.6. The van der Waals surface area contributed by atoms with E-state index in [1.165, 1.54) is 0 Å². The third kappa shape index (κ3) is 9.86. The first-order valence-electron chi connectivity index (χ1n) is 11.1. The second kappa shape index (κ2) is 14.6. The monoisotopic (exact) mass is 487 g/mol. The Balaban J connectivity index is 2.94. The highest BCUT2D eigenvalue weighted by molar-refractivity contribution is 7.80. The van der Waals surface area contributed by atoms with Crippen molar-refractivity contribution in [2.75, 3.05) is 18.8 Å². The number of aliphatic imine (C=N–C) groups is 1. The van der Waals surface area contributed by atoms with Gasteiger partial charge in [-0.1, -0.05) is 20.3 Å². The summed E-state index contributed by atoms with van der Waals surface area (Å²) in [6.45, 7) is 4.63. The van der Waals surface area contributed by atoms with Crippen molar-refractivity contribution in [1.29, 1.82) is 0 Å². The van der Waals surface area contributed by atoms with Gasteiger partial charge in [-0.2, -0.15) is 12.6 Å². The van der Waals surface area contributed by atoms with E-state index in [9.17, 15) is 24.3 Å². The van der Waals surface area contributed by atoms with Crippen molar-refractivity contribution in [3.63, 3.8) is 0 Å². The van der Waals surface area contributed by atoms with Gasteiger partial charge in [0.05, 0.1) is 6.04 Å². The molecule has 0 bridgehead atoms. The first kappa shape index (κ1) is 28.5. The lowest BCUT2D eigenvalue weighted by Gasteiger charge is -2.28. The van der Waals surface area contributed by atoms with Crippen molar-refractivity contribution in [1.82, 2.24) is 21.3 Å². The smallest absolute Gasteiger partial charge is 0.327 e. The quantitative estimate of drug-likeness (QED) is 0.0613. The van der Waals surface area contributed by atoms with Crippen LogP contribution in [0.1, 0.15) is 46.0 Å². The first-order chi connectivity index (χ1) is 15.6. The van der Waals surface area contributed by atoms with Gasteiger partial charge in [0.25, 0.3) is 0 Å². The summed E-state index contributed by atoms with van der Waals surface area (Å²) in [5.41, 5.74) is 10.7. The fraction of sp³-hybridized carbons (Fsp3) is 0.750. The van der Waals surface area contributed by atoms with Gasteiger partial charge in [0.1, 0.15) is 18.1 Å². The molecule has 0 radical (unpaired) electrons. The van der Waals surface area contributed by atoms with Crippen LogP contribution in [0.5, 0.6) is 0 Å². The average Bonchev–Trinajstić information content (AvgIpc) is 3.31. The maximum atomic E-state index is 13.1. The molecular weight excluding hydrogens is 450 g/mol. The Hall–Kier alpha value is -2.54. The summed E-state index contributed by atoms with van der Waals surface area (Å²) in [6, 6.07) is -3.45. The maximum Gasteiger partial charge on any atom is 0.327 e. The van der Waals surface area contributed by atoms with Gasteiger partial charge in [0.15, 0.2) is 5.96 Å². The minimum atomic E-state index is -1.22. The molecule has 33 heavy (non-hydrogen) atoms. The first-order valence-corrected chi connectivity index (χ1v) is 11.8. The number of carbonyl (C=O) groups excluding carboxylic acids is 3. The van der Waals surface area contributed by atoms with Crippen LogP contribution in [0.15, 0.2) is 4.99 Å². The fourth-order valence-electron chi connectivity index (χ4n) is 3.36. The van der Waals surface area contributed by atoms with Gasteiger partial charge in [-0.05, 0) is 38.1 Å². The molecule has 188 valence electrons. The molecule has 5 atom stereocenters. The summed E-state index contributed by atoms with van der Waals surface area (Å²) in [5.74, 6) is -3.12. The van der Waals surface area contributed by atoms with E-state index in [1.54, 1.807) is 6.92 Å². The molecule has 0 saturated carbocycles. The molecule has 0 aliphatic carbocycles. The summed E-state index contributed by atoms with van der Waals surface area (Å²) >= 11 is 3.95. The van der Waals surface area contributed by atoms with Crippen molar-refractivity contribution in [2.24, 2.45) is 22.4 Å². The lowest BCUT2D eigenvalue weighted by atomic mass is 9.97. The molecule has 1 fully saturated rings. The van der Waals surface area contributed by atoms with E-state index in [2.05, 4.69) is 38.9 Å². The van der Waals surface area contributed by atoms with Crippen LogP contribution < -0.4 is 32.7 Å². The number of guanidine groups is 1. The van der Waals surface area contributed by atoms with E-state index in [4.69, 9.17) is 11.5 Å². The maximum absolute atomic E-state index is 13.1. The zero-order valence-corrected chi connectivity index (χ0v) is 20.1. The molecule has 0 aromatic rings. The van der Waals surface area contributed by atoms with Crippen molar-refractivity contribution >= 4 is 42.3 Å². The summed E-state index contributed by atoms with van der Waals surface area (Å²) in [6.07, 6.45) is 2.78. The van der Waals surface area contributed by atoms with Crippen LogP contribution in [0, 0.1) is 5.92 Å². The Morgan fingerprint density at radius 2 is 1.85 bits per heavy atom. The molecule has 13 heteroatoms. The number of hydrogen-bond donors (Lipinski definition) is 8. The molecule has 1 heterocycles. The number of nitrogens with one attached hydrogen (secondary N) is 4. The second-order valence-corrected chi connectivity index (χ2v) is 8.48. The molecule has 0 spiro atoms. The van der Waals surface area contributed by atoms with E-state index in [-0.39, 0.29) is 42.5 Å². The Morgan fingerprint density at radius 3 is 2.36 bits per heavy atom. The summed E-state index contributed by atoms with van der Waals surface area (Å²) in [7, 11) is 0. The fourth-order valence-corrected chi connectivity index (χ4v) is 3.60. The number of rotatable bonds is 14. The summed E-state index contributed by atoms with van der Waals surface area (Å²) in [5, 5.41) is 20.1. The largest absolute Gasteiger partial charge is 0.480 e. The third-order valence-electron chi connectivity index (χ3n) is 5.55. The molecule has 1 aliphatic rings. The third-order valence-corrected chi connectivity index (χ3v) is 5.91. The van der Waals surface area contributed by atoms with Gasteiger partial charge >= 0.3 is 5.97 Å². The van der Waals surface area contributed by atoms with Crippen LogP contribution in [0.2, 0.25) is 0 Å². The van der Waals surface area contributed by atoms with Crippen LogP contribution in [0.25, 0.3) is 0 Å². The number of carboxylic acids is 1. The number of nitrogens with two attached hydrogens (primary N) is 2. The summed E-state index contributed by atoms with van der Waals surface area (Å²) < 4.78 is 0. The minimum Gasteiger partial charge on any atom is -0.480 e. The topological polar surface area (TPSA) is 201 Å². The highest BCUT2D eigenvalue weighted by atomic mass is 32.1. The van der Waals surface area contributed by atoms with Gasteiger partial charge in [-0.15, -0.1) is 0 Å². The number of aliphatic carboxylic acids is 1. The number of carboxylic acid groups (broad SMARTS) is 1. The molecule has 1 aliphatic heterocycles. The highest BCUT2D eigenvalue weighted by Crippen LogP contribution is 2.11. The number of amides is 3. The molecule has 9 N–H and O–H groups in total. The van der Waals surface area contributed by atoms with Gasteiger partial charge in [0, 0.05) is 12.3 Å². The van der Waals surface area contributed by atoms with E-state index < -0.39 is 35.9 Å². The van der Waals surface area contributed by atoms with E-state index in [0.717, 1.165) is 13.0 Å². The van der Waals surface area contributed by atoms with Gasteiger partial charge in [0.2, 0.25) is 17.7 Å². The van der Waals surface area contributed by atoms with Crippen LogP contribution in [-0.2, 0) is 19.2 Å². The van der Waals surface area contributed by atoms with Gasteiger partial charge in [-0.25, -0.2) is 4.79 Å². The SMILES string of the molecule is CCC(C)C(NC(=O)C(CCCN=C(N)N)NC(=O)C1CCCN1)C(=O)NC(CS)C(=O)O. The molecule has 0 aromatic carbocycles. The van der Waals surface area contributed by atoms with Crippen molar-refractivity contribution in [3.8, 4) is 0 Å². The second-order valence-electron chi connectivity index (χ2n) is 8.11. The Morgan fingerprint density at radius 1 is 1.15 bits per heavy atom. The van der Waals surface area contributed by atoms with E-state index in [1.807, 2.05) is 6.92 Å². The number of thiol groups is 1. The molecule has 1 saturated heterocycles. The van der Waals surface area contributed by atoms with Crippen molar-refractivity contribution in [2.45, 2.75) is 70.1 Å². The van der Waals surface area contributed by atoms with Crippen molar-refractivity contribution < 1.29 is 24.3 Å². The van der Waals surface area contributed by atoms with E-state index in [0.29, 0.717) is 19.3 Å². The van der Waals surface area contributed by atoms with E-state index >= 15 is 0 Å². The van der Waals surface area contributed by atoms with Crippen molar-refractivity contribution in [3.05, 3.63) is 0 Å². The lowest BCUT2D eigenvalue weighted by molar-refractivity contribution is -0.142. The molecule has 12 nitrogen and oxygen atoms in total. The Bertz CT molecular complexity index is 711. The van der Waals surface area contributed by atoms with Gasteiger partial charge in [-0.3, -0.25) is 19.4 Å². The van der Waals surface area contributed by atoms with Crippen LogP contribution in [-0.4, -0.2) is 77.8 Å². The normalized spacial score (nSPS) is 18.9. The van der Waals surface area contributed by atoms with Crippen LogP contribution in [0.3, 0.4) is 0 Å². The number of hydrogen-bond acceptors (Lipinski definition) is 7. The van der Waals surface area contributed by atoms with Gasteiger partial charge < -0.3 is 37.8 Å². The van der Waals surface area contributed by atoms with Crippen LogP contribution >= 0.6 is 12.6 Å². The predicted molar refractivity (Wildman–Crippen MR) is 128 cm³/mol. The van der Waals surface area contributed by atoms with Crippen LogP contribution in [0.4, 0.5) is 0 Å². The average molecular weight is 488 g/mol. The minimum absolute atomic E-state index is 0.0686. The zero-order chi connectivity index (χ0) is 25.0. The zero-order valence-electron chi connectivity index (χ0n) is 19.2. The Labute approximate surface area is 199 Å². The highest BCUT2D eigenvalue weighted by Gasteiger charge is 2.33.